The molecule has 2 aromatic rings. The van der Waals surface area contributed by atoms with Crippen LogP contribution < -0.4 is 9.47 Å². The van der Waals surface area contributed by atoms with Crippen molar-refractivity contribution in [2.24, 2.45) is 5.92 Å². The van der Waals surface area contributed by atoms with Crippen LogP contribution in [0.2, 0.25) is 0 Å². The van der Waals surface area contributed by atoms with Crippen LogP contribution in [-0.4, -0.2) is 89.1 Å². The van der Waals surface area contributed by atoms with Crippen LogP contribution >= 0.6 is 0 Å². The van der Waals surface area contributed by atoms with E-state index < -0.39 is 43.2 Å². The van der Waals surface area contributed by atoms with Crippen LogP contribution in [0.5, 0.6) is 11.5 Å². The summed E-state index contributed by atoms with van der Waals surface area (Å²) >= 11 is 0. The third-order valence-electron chi connectivity index (χ3n) is 6.70. The van der Waals surface area contributed by atoms with E-state index in [1.807, 2.05) is 0 Å². The van der Waals surface area contributed by atoms with Gasteiger partial charge in [-0.2, -0.15) is 0 Å². The standard InChI is InChI=1S/C24H32O11/c1-3-32-23(30)11-4-5-13-14(8-11)20(22(31-2)21-16(13)12(6-7-25)10-33-21)35-24-19(29)18(28)17(27)15(9-26)34-24/h10-11,15,17-19,24-29H,3-9H2,1-2H3/t11-,15+,17+,18-,19+,24-/m0/s1. The number of aliphatic hydroxyl groups is 5. The van der Waals surface area contributed by atoms with Gasteiger partial charge in [0.1, 0.15) is 24.4 Å². The number of rotatable bonds is 8. The van der Waals surface area contributed by atoms with Gasteiger partial charge in [-0.05, 0) is 38.2 Å². The second-order valence-electron chi connectivity index (χ2n) is 8.77. The number of carbonyl (C=O) groups excluding carboxylic acids is 1. The van der Waals surface area contributed by atoms with E-state index in [2.05, 4.69) is 0 Å². The summed E-state index contributed by atoms with van der Waals surface area (Å²) in [7, 11) is 1.42. The first-order valence-electron chi connectivity index (χ1n) is 11.7. The molecule has 0 spiro atoms. The highest BCUT2D eigenvalue weighted by molar-refractivity contribution is 5.94. The average Bonchev–Trinajstić information content (AvgIpc) is 3.28. The number of hydrogen-bond donors (Lipinski definition) is 5. The number of benzene rings is 1. The Labute approximate surface area is 201 Å². The molecule has 0 saturated carbocycles. The van der Waals surface area contributed by atoms with E-state index in [1.54, 1.807) is 13.2 Å². The van der Waals surface area contributed by atoms with E-state index in [4.69, 9.17) is 23.4 Å². The molecule has 11 nitrogen and oxygen atoms in total. The van der Waals surface area contributed by atoms with Crippen LogP contribution in [0, 0.1) is 5.92 Å². The maximum absolute atomic E-state index is 12.6. The molecule has 5 N–H and O–H groups in total. The zero-order valence-electron chi connectivity index (χ0n) is 19.7. The quantitative estimate of drug-likeness (QED) is 0.308. The normalized spacial score (nSPS) is 28.5. The van der Waals surface area contributed by atoms with Crippen molar-refractivity contribution in [3.05, 3.63) is 23.0 Å². The number of esters is 1. The predicted octanol–water partition coefficient (Wildman–Crippen LogP) is -0.177. The molecule has 2 aliphatic rings. The van der Waals surface area contributed by atoms with Gasteiger partial charge in [-0.25, -0.2) is 0 Å². The number of fused-ring (bicyclic) bond motifs is 3. The number of hydrogen-bond acceptors (Lipinski definition) is 11. The summed E-state index contributed by atoms with van der Waals surface area (Å²) in [6, 6.07) is 0. The lowest BCUT2D eigenvalue weighted by atomic mass is 9.81. The molecule has 0 radical (unpaired) electrons. The summed E-state index contributed by atoms with van der Waals surface area (Å²) in [5.41, 5.74) is 2.66. The predicted molar refractivity (Wildman–Crippen MR) is 120 cm³/mol. The molecule has 0 amide bonds. The van der Waals surface area contributed by atoms with E-state index in [1.165, 1.54) is 7.11 Å². The average molecular weight is 497 g/mol. The van der Waals surface area contributed by atoms with Gasteiger partial charge < -0.3 is 48.9 Å². The van der Waals surface area contributed by atoms with Crippen LogP contribution in [0.25, 0.3) is 11.0 Å². The Morgan fingerprint density at radius 3 is 2.54 bits per heavy atom. The maximum atomic E-state index is 12.6. The molecule has 6 atom stereocenters. The van der Waals surface area contributed by atoms with Crippen molar-refractivity contribution in [2.75, 3.05) is 26.9 Å². The Bertz CT molecular complexity index is 1050. The molecule has 1 aromatic carbocycles. The summed E-state index contributed by atoms with van der Waals surface area (Å²) in [4.78, 5) is 12.6. The highest BCUT2D eigenvalue weighted by atomic mass is 16.7. The van der Waals surface area contributed by atoms with Crippen molar-refractivity contribution in [2.45, 2.75) is 63.3 Å². The highest BCUT2D eigenvalue weighted by Gasteiger charge is 2.46. The van der Waals surface area contributed by atoms with Crippen LogP contribution in [-0.2, 0) is 33.5 Å². The minimum absolute atomic E-state index is 0.0830. The van der Waals surface area contributed by atoms with Gasteiger partial charge in [0.15, 0.2) is 11.3 Å². The fourth-order valence-electron chi connectivity index (χ4n) is 4.94. The first-order chi connectivity index (χ1) is 16.9. The number of methoxy groups -OCH3 is 1. The Morgan fingerprint density at radius 1 is 1.11 bits per heavy atom. The Hall–Kier alpha value is -2.41. The van der Waals surface area contributed by atoms with Gasteiger partial charge in [-0.1, -0.05) is 0 Å². The Morgan fingerprint density at radius 2 is 1.89 bits per heavy atom. The molecule has 2 heterocycles. The molecule has 194 valence electrons. The SMILES string of the molecule is CCOC(=O)[C@H]1CCc2c(c(O[C@@H]3O[C@H](CO)[C@@H](O)[C@H](O)[C@H]3O)c(OC)c3occ(CCO)c23)C1. The molecule has 0 unspecified atom stereocenters. The third-order valence-corrected chi connectivity index (χ3v) is 6.70. The van der Waals surface area contributed by atoms with Crippen molar-refractivity contribution in [3.63, 3.8) is 0 Å². The van der Waals surface area contributed by atoms with Crippen molar-refractivity contribution >= 4 is 16.9 Å². The smallest absolute Gasteiger partial charge is 0.309 e. The molecule has 1 aliphatic carbocycles. The van der Waals surface area contributed by atoms with Gasteiger partial charge in [0, 0.05) is 23.1 Å². The summed E-state index contributed by atoms with van der Waals surface area (Å²) in [6.45, 7) is 1.30. The highest BCUT2D eigenvalue weighted by Crippen LogP contribution is 2.48. The molecule has 1 aliphatic heterocycles. The molecule has 1 fully saturated rings. The van der Waals surface area contributed by atoms with Crippen LogP contribution in [0.4, 0.5) is 0 Å². The summed E-state index contributed by atoms with van der Waals surface area (Å²) in [5.74, 6) is -0.406. The van der Waals surface area contributed by atoms with Crippen LogP contribution in [0.3, 0.4) is 0 Å². The molecule has 11 heteroatoms. The van der Waals surface area contributed by atoms with Crippen LogP contribution in [0.1, 0.15) is 30.0 Å². The number of ether oxygens (including phenoxy) is 4. The van der Waals surface area contributed by atoms with E-state index >= 15 is 0 Å². The summed E-state index contributed by atoms with van der Waals surface area (Å²) < 4.78 is 28.3. The molecule has 0 bridgehead atoms. The Balaban J connectivity index is 1.83. The molecular formula is C24H32O11. The lowest BCUT2D eigenvalue weighted by Crippen LogP contribution is -2.60. The fraction of sp³-hybridized carbons (Fsp3) is 0.625. The minimum Gasteiger partial charge on any atom is -0.490 e. The van der Waals surface area contributed by atoms with E-state index in [-0.39, 0.29) is 37.1 Å². The van der Waals surface area contributed by atoms with Gasteiger partial charge in [-0.15, -0.1) is 0 Å². The lowest BCUT2D eigenvalue weighted by molar-refractivity contribution is -0.277. The van der Waals surface area contributed by atoms with Crippen molar-refractivity contribution in [1.29, 1.82) is 0 Å². The van der Waals surface area contributed by atoms with Gasteiger partial charge in [0.05, 0.1) is 32.5 Å². The number of carbonyl (C=O) groups is 1. The van der Waals surface area contributed by atoms with Gasteiger partial charge in [0.25, 0.3) is 0 Å². The van der Waals surface area contributed by atoms with E-state index in [9.17, 15) is 30.3 Å². The summed E-state index contributed by atoms with van der Waals surface area (Å²) in [6.07, 6.45) is -4.19. The number of aryl methyl sites for hydroxylation is 1. The Kier molecular flexibility index (Phi) is 7.84. The number of aliphatic hydroxyl groups excluding tert-OH is 5. The second-order valence-corrected chi connectivity index (χ2v) is 8.77. The molecular weight excluding hydrogens is 464 g/mol. The lowest BCUT2D eigenvalue weighted by Gasteiger charge is -2.40. The zero-order valence-corrected chi connectivity index (χ0v) is 19.7. The van der Waals surface area contributed by atoms with Crippen LogP contribution in [0.15, 0.2) is 10.7 Å². The second kappa shape index (κ2) is 10.7. The summed E-state index contributed by atoms with van der Waals surface area (Å²) in [5, 5.41) is 50.7. The molecule has 1 aromatic heterocycles. The van der Waals surface area contributed by atoms with Gasteiger partial charge in [0.2, 0.25) is 12.0 Å². The first kappa shape index (κ1) is 25.7. The first-order valence-corrected chi connectivity index (χ1v) is 11.7. The monoisotopic (exact) mass is 496 g/mol. The van der Waals surface area contributed by atoms with Crippen molar-refractivity contribution in [3.8, 4) is 11.5 Å². The maximum Gasteiger partial charge on any atom is 0.309 e. The molecule has 1 saturated heterocycles. The van der Waals surface area contributed by atoms with E-state index in [0.717, 1.165) is 16.5 Å². The topological polar surface area (TPSA) is 168 Å². The van der Waals surface area contributed by atoms with Gasteiger partial charge >= 0.3 is 5.97 Å². The van der Waals surface area contributed by atoms with Crippen molar-refractivity contribution in [1.82, 2.24) is 0 Å². The van der Waals surface area contributed by atoms with Gasteiger partial charge in [-0.3, -0.25) is 4.79 Å². The number of furan rings is 1. The fourth-order valence-corrected chi connectivity index (χ4v) is 4.94. The molecule has 35 heavy (non-hydrogen) atoms. The zero-order chi connectivity index (χ0) is 25.3. The third kappa shape index (κ3) is 4.59. The molecule has 4 rings (SSSR count). The minimum atomic E-state index is -1.63. The van der Waals surface area contributed by atoms with Crippen molar-refractivity contribution < 1.29 is 53.7 Å². The van der Waals surface area contributed by atoms with E-state index in [0.29, 0.717) is 30.4 Å². The largest absolute Gasteiger partial charge is 0.490 e.